The zero-order valence-corrected chi connectivity index (χ0v) is 15.0. The number of halogens is 1. The van der Waals surface area contributed by atoms with E-state index in [1.807, 2.05) is 43.1 Å². The van der Waals surface area contributed by atoms with Crippen LogP contribution in [0.15, 0.2) is 24.3 Å². The van der Waals surface area contributed by atoms with E-state index >= 15 is 0 Å². The number of rotatable bonds is 7. The summed E-state index contributed by atoms with van der Waals surface area (Å²) in [5.74, 6) is 1.81. The van der Waals surface area contributed by atoms with Crippen LogP contribution in [0.5, 0.6) is 5.75 Å². The number of benzene rings is 1. The average molecular weight is 341 g/mol. The van der Waals surface area contributed by atoms with Crippen molar-refractivity contribution >= 4 is 18.3 Å². The Labute approximate surface area is 146 Å². The van der Waals surface area contributed by atoms with E-state index in [-0.39, 0.29) is 18.3 Å². The molecule has 1 aliphatic rings. The van der Waals surface area contributed by atoms with Crippen LogP contribution in [0.3, 0.4) is 0 Å². The fraction of sp³-hybridized carbons (Fsp3) is 0.611. The number of nitrogens with one attached hydrogen (secondary N) is 1. The molecule has 1 N–H and O–H groups in total. The minimum atomic E-state index is 0. The van der Waals surface area contributed by atoms with Gasteiger partial charge in [-0.3, -0.25) is 4.79 Å². The molecule has 1 aromatic rings. The molecule has 0 bridgehead atoms. The first-order valence-electron chi connectivity index (χ1n) is 8.36. The summed E-state index contributed by atoms with van der Waals surface area (Å²) < 4.78 is 5.63. The van der Waals surface area contributed by atoms with Gasteiger partial charge in [-0.05, 0) is 51.3 Å². The van der Waals surface area contributed by atoms with Gasteiger partial charge in [-0.2, -0.15) is 0 Å². The molecule has 1 saturated heterocycles. The molecular formula is C18H29ClN2O2. The maximum Gasteiger partial charge on any atom is 0.222 e. The quantitative estimate of drug-likeness (QED) is 0.828. The van der Waals surface area contributed by atoms with Crippen LogP contribution in [0.1, 0.15) is 38.2 Å². The first kappa shape index (κ1) is 19.8. The SMILES string of the molecule is CCOc1ccccc1CN(C)C(=O)CCC1CCNCC1.Cl. The summed E-state index contributed by atoms with van der Waals surface area (Å²) in [5.41, 5.74) is 1.07. The standard InChI is InChI=1S/C18H28N2O2.ClH/c1-3-22-17-7-5-4-6-16(17)14-20(2)18(21)9-8-15-10-12-19-13-11-15;/h4-7,15,19H,3,8-14H2,1-2H3;1H. The molecule has 130 valence electrons. The number of nitrogens with zero attached hydrogens (tertiary/aromatic N) is 1. The van der Waals surface area contributed by atoms with Crippen molar-refractivity contribution in [3.05, 3.63) is 29.8 Å². The molecule has 2 rings (SSSR count). The molecule has 1 amide bonds. The Morgan fingerprint density at radius 3 is 2.70 bits per heavy atom. The van der Waals surface area contributed by atoms with Gasteiger partial charge in [-0.25, -0.2) is 0 Å². The predicted octanol–water partition coefficient (Wildman–Crippen LogP) is 3.25. The van der Waals surface area contributed by atoms with E-state index in [0.29, 0.717) is 25.5 Å². The summed E-state index contributed by atoms with van der Waals surface area (Å²) >= 11 is 0. The lowest BCUT2D eigenvalue weighted by atomic mass is 9.93. The van der Waals surface area contributed by atoms with Gasteiger partial charge in [0.25, 0.3) is 0 Å². The monoisotopic (exact) mass is 340 g/mol. The lowest BCUT2D eigenvalue weighted by Gasteiger charge is -2.24. The second kappa shape index (κ2) is 10.5. The minimum Gasteiger partial charge on any atom is -0.494 e. The van der Waals surface area contributed by atoms with Gasteiger partial charge in [-0.1, -0.05) is 18.2 Å². The van der Waals surface area contributed by atoms with Crippen LogP contribution >= 0.6 is 12.4 Å². The molecule has 0 spiro atoms. The van der Waals surface area contributed by atoms with Crippen molar-refractivity contribution in [2.75, 3.05) is 26.7 Å². The fourth-order valence-corrected chi connectivity index (χ4v) is 2.96. The number of ether oxygens (including phenoxy) is 1. The van der Waals surface area contributed by atoms with E-state index in [1.54, 1.807) is 0 Å². The minimum absolute atomic E-state index is 0. The average Bonchev–Trinajstić information content (AvgIpc) is 2.55. The van der Waals surface area contributed by atoms with Crippen LogP contribution in [-0.4, -0.2) is 37.6 Å². The molecule has 1 fully saturated rings. The first-order chi connectivity index (χ1) is 10.7. The molecule has 0 radical (unpaired) electrons. The zero-order valence-electron chi connectivity index (χ0n) is 14.2. The van der Waals surface area contributed by atoms with Crippen molar-refractivity contribution in [1.29, 1.82) is 0 Å². The Balaban J connectivity index is 0.00000264. The largest absolute Gasteiger partial charge is 0.494 e. The first-order valence-corrected chi connectivity index (χ1v) is 8.36. The van der Waals surface area contributed by atoms with Crippen molar-refractivity contribution in [2.24, 2.45) is 5.92 Å². The van der Waals surface area contributed by atoms with E-state index in [2.05, 4.69) is 5.32 Å². The van der Waals surface area contributed by atoms with Gasteiger partial charge in [0.15, 0.2) is 0 Å². The van der Waals surface area contributed by atoms with E-state index in [1.165, 1.54) is 12.8 Å². The van der Waals surface area contributed by atoms with Crippen LogP contribution in [0, 0.1) is 5.92 Å². The van der Waals surface area contributed by atoms with Gasteiger partial charge >= 0.3 is 0 Å². The maximum absolute atomic E-state index is 12.3. The molecule has 1 heterocycles. The third kappa shape index (κ3) is 6.40. The number of para-hydroxylation sites is 1. The molecule has 0 aliphatic carbocycles. The summed E-state index contributed by atoms with van der Waals surface area (Å²) in [6.07, 6.45) is 4.06. The zero-order chi connectivity index (χ0) is 15.8. The van der Waals surface area contributed by atoms with E-state index < -0.39 is 0 Å². The third-order valence-corrected chi connectivity index (χ3v) is 4.33. The Bertz CT molecular complexity index is 476. The second-order valence-electron chi connectivity index (χ2n) is 6.02. The predicted molar refractivity (Wildman–Crippen MR) is 96.2 cm³/mol. The Morgan fingerprint density at radius 2 is 2.00 bits per heavy atom. The highest BCUT2D eigenvalue weighted by molar-refractivity contribution is 5.85. The summed E-state index contributed by atoms with van der Waals surface area (Å²) in [7, 11) is 1.88. The van der Waals surface area contributed by atoms with Gasteiger partial charge in [0.1, 0.15) is 5.75 Å². The van der Waals surface area contributed by atoms with E-state index in [0.717, 1.165) is 30.8 Å². The molecule has 23 heavy (non-hydrogen) atoms. The Hall–Kier alpha value is -1.26. The van der Waals surface area contributed by atoms with E-state index in [4.69, 9.17) is 4.74 Å². The lowest BCUT2D eigenvalue weighted by molar-refractivity contribution is -0.130. The Morgan fingerprint density at radius 1 is 1.30 bits per heavy atom. The normalized spacial score (nSPS) is 14.9. The van der Waals surface area contributed by atoms with Gasteiger partial charge in [0.05, 0.1) is 6.61 Å². The highest BCUT2D eigenvalue weighted by Gasteiger charge is 2.17. The molecular weight excluding hydrogens is 312 g/mol. The highest BCUT2D eigenvalue weighted by atomic mass is 35.5. The van der Waals surface area contributed by atoms with Crippen LogP contribution in [-0.2, 0) is 11.3 Å². The molecule has 0 aromatic heterocycles. The number of hydrogen-bond donors (Lipinski definition) is 1. The molecule has 1 aliphatic heterocycles. The molecule has 0 atom stereocenters. The number of carbonyl (C=O) groups is 1. The number of carbonyl (C=O) groups excluding carboxylic acids is 1. The van der Waals surface area contributed by atoms with Crippen molar-refractivity contribution < 1.29 is 9.53 Å². The van der Waals surface area contributed by atoms with Crippen molar-refractivity contribution in [3.63, 3.8) is 0 Å². The van der Waals surface area contributed by atoms with Gasteiger partial charge < -0.3 is 15.0 Å². The summed E-state index contributed by atoms with van der Waals surface area (Å²) in [6.45, 7) is 5.42. The van der Waals surface area contributed by atoms with Gasteiger partial charge in [-0.15, -0.1) is 12.4 Å². The topological polar surface area (TPSA) is 41.6 Å². The molecule has 0 saturated carbocycles. The number of hydrogen-bond acceptors (Lipinski definition) is 3. The van der Waals surface area contributed by atoms with Crippen molar-refractivity contribution in [2.45, 2.75) is 39.2 Å². The number of piperidine rings is 1. The van der Waals surface area contributed by atoms with Crippen molar-refractivity contribution in [1.82, 2.24) is 10.2 Å². The summed E-state index contributed by atoms with van der Waals surface area (Å²) in [6, 6.07) is 7.95. The lowest BCUT2D eigenvalue weighted by Crippen LogP contribution is -2.30. The third-order valence-electron chi connectivity index (χ3n) is 4.33. The maximum atomic E-state index is 12.3. The van der Waals surface area contributed by atoms with Crippen LogP contribution in [0.2, 0.25) is 0 Å². The molecule has 0 unspecified atom stereocenters. The molecule has 4 nitrogen and oxygen atoms in total. The van der Waals surface area contributed by atoms with Crippen LogP contribution in [0.25, 0.3) is 0 Å². The second-order valence-corrected chi connectivity index (χ2v) is 6.02. The molecule has 1 aromatic carbocycles. The van der Waals surface area contributed by atoms with E-state index in [9.17, 15) is 4.79 Å². The van der Waals surface area contributed by atoms with Gasteiger partial charge in [0, 0.05) is 25.6 Å². The number of amides is 1. The van der Waals surface area contributed by atoms with Crippen LogP contribution in [0.4, 0.5) is 0 Å². The molecule has 5 heteroatoms. The Kier molecular flexibility index (Phi) is 9.03. The van der Waals surface area contributed by atoms with Crippen molar-refractivity contribution in [3.8, 4) is 5.75 Å². The highest BCUT2D eigenvalue weighted by Crippen LogP contribution is 2.21. The smallest absolute Gasteiger partial charge is 0.222 e. The fourth-order valence-electron chi connectivity index (χ4n) is 2.96. The summed E-state index contributed by atoms with van der Waals surface area (Å²) in [5, 5.41) is 3.37. The summed E-state index contributed by atoms with van der Waals surface area (Å²) in [4.78, 5) is 14.1. The van der Waals surface area contributed by atoms with Gasteiger partial charge in [0.2, 0.25) is 5.91 Å². The van der Waals surface area contributed by atoms with Crippen LogP contribution < -0.4 is 10.1 Å².